The van der Waals surface area contributed by atoms with Crippen LogP contribution in [-0.2, 0) is 16.2 Å². The highest BCUT2D eigenvalue weighted by atomic mass is 19.1. The van der Waals surface area contributed by atoms with E-state index in [1.807, 2.05) is 43.3 Å². The molecule has 0 aliphatic carbocycles. The second kappa shape index (κ2) is 8.67. The van der Waals surface area contributed by atoms with Crippen molar-refractivity contribution >= 4 is 11.6 Å². The first-order chi connectivity index (χ1) is 11.7. The fourth-order valence-corrected chi connectivity index (χ4v) is 2.17. The summed E-state index contributed by atoms with van der Waals surface area (Å²) in [5.41, 5.74) is 2.28. The van der Waals surface area contributed by atoms with Crippen LogP contribution in [0.1, 0.15) is 16.7 Å². The first kappa shape index (κ1) is 17.5. The maximum Gasteiger partial charge on any atom is 0.273 e. The molecule has 0 atom stereocenters. The van der Waals surface area contributed by atoms with Crippen LogP contribution in [0.2, 0.25) is 0 Å². The van der Waals surface area contributed by atoms with E-state index in [0.29, 0.717) is 5.56 Å². The van der Waals surface area contributed by atoms with Gasteiger partial charge in [0.25, 0.3) is 12.8 Å². The lowest BCUT2D eigenvalue weighted by Crippen LogP contribution is -2.29. The van der Waals surface area contributed by atoms with Gasteiger partial charge < -0.3 is 14.9 Å². The Labute approximate surface area is 140 Å². The van der Waals surface area contributed by atoms with Gasteiger partial charge in [-0.1, -0.05) is 47.6 Å². The summed E-state index contributed by atoms with van der Waals surface area (Å²) in [6.07, 6.45) is 0. The Hall–Kier alpha value is -2.89. The minimum atomic E-state index is -1.11. The van der Waals surface area contributed by atoms with Gasteiger partial charge >= 0.3 is 0 Å². The average molecular weight is 330 g/mol. The number of ether oxygens (including phenoxy) is 1. The van der Waals surface area contributed by atoms with Crippen molar-refractivity contribution in [2.24, 2.45) is 5.16 Å². The van der Waals surface area contributed by atoms with Gasteiger partial charge in [-0.15, -0.1) is 0 Å². The van der Waals surface area contributed by atoms with E-state index in [9.17, 15) is 9.18 Å². The van der Waals surface area contributed by atoms with E-state index in [1.54, 1.807) is 12.1 Å². The first-order valence-electron chi connectivity index (χ1n) is 7.42. The minimum Gasteiger partial charge on any atom is -0.489 e. The molecule has 1 amide bonds. The largest absolute Gasteiger partial charge is 0.489 e. The second-order valence-corrected chi connectivity index (χ2v) is 4.97. The summed E-state index contributed by atoms with van der Waals surface area (Å²) in [6, 6.07) is 14.8. The third kappa shape index (κ3) is 4.32. The molecule has 1 N–H and O–H groups in total. The van der Waals surface area contributed by atoms with E-state index in [0.717, 1.165) is 16.9 Å². The van der Waals surface area contributed by atoms with E-state index >= 15 is 0 Å². The van der Waals surface area contributed by atoms with Crippen LogP contribution in [0, 0.1) is 6.92 Å². The van der Waals surface area contributed by atoms with Gasteiger partial charge in [-0.25, -0.2) is 4.39 Å². The van der Waals surface area contributed by atoms with Crippen molar-refractivity contribution in [1.29, 1.82) is 0 Å². The molecule has 0 radical (unpaired) electrons. The van der Waals surface area contributed by atoms with Crippen molar-refractivity contribution in [3.8, 4) is 5.75 Å². The smallest absolute Gasteiger partial charge is 0.273 e. The van der Waals surface area contributed by atoms with Crippen LogP contribution in [0.15, 0.2) is 53.7 Å². The lowest BCUT2D eigenvalue weighted by molar-refractivity contribution is -0.114. The number of carbonyl (C=O) groups excluding carboxylic acids is 1. The van der Waals surface area contributed by atoms with Crippen LogP contribution in [0.3, 0.4) is 0 Å². The lowest BCUT2D eigenvalue weighted by Gasteiger charge is -2.13. The number of aryl methyl sites for hydroxylation is 1. The van der Waals surface area contributed by atoms with Gasteiger partial charge in [0, 0.05) is 12.6 Å². The van der Waals surface area contributed by atoms with Gasteiger partial charge in [0.2, 0.25) is 0 Å². The molecule has 0 aliphatic heterocycles. The number of likely N-dealkylation sites (N-methyl/N-ethyl adjacent to an activating group) is 1. The molecule has 0 aliphatic rings. The Morgan fingerprint density at radius 2 is 1.88 bits per heavy atom. The van der Waals surface area contributed by atoms with E-state index < -0.39 is 12.8 Å². The number of para-hydroxylation sites is 1. The summed E-state index contributed by atoms with van der Waals surface area (Å²) in [7, 11) is 1.47. The van der Waals surface area contributed by atoms with Gasteiger partial charge in [-0.05, 0) is 24.1 Å². The van der Waals surface area contributed by atoms with E-state index in [1.165, 1.54) is 7.05 Å². The fourth-order valence-electron chi connectivity index (χ4n) is 2.17. The number of rotatable bonds is 7. The number of oxime groups is 1. The Morgan fingerprint density at radius 1 is 1.17 bits per heavy atom. The zero-order chi connectivity index (χ0) is 17.4. The van der Waals surface area contributed by atoms with Gasteiger partial charge in [0.1, 0.15) is 12.4 Å². The number of hydrogen-bond donors (Lipinski definition) is 1. The summed E-state index contributed by atoms with van der Waals surface area (Å²) < 4.78 is 18.1. The van der Waals surface area contributed by atoms with E-state index in [4.69, 9.17) is 4.74 Å². The van der Waals surface area contributed by atoms with Crippen LogP contribution in [0.5, 0.6) is 5.75 Å². The highest BCUT2D eigenvalue weighted by Gasteiger charge is 2.17. The number of halogens is 1. The van der Waals surface area contributed by atoms with Crippen LogP contribution >= 0.6 is 0 Å². The van der Waals surface area contributed by atoms with Gasteiger partial charge in [-0.3, -0.25) is 4.79 Å². The predicted octanol–water partition coefficient (Wildman–Crippen LogP) is 2.97. The Morgan fingerprint density at radius 3 is 2.58 bits per heavy atom. The number of hydrogen-bond acceptors (Lipinski definition) is 4. The first-order valence-corrected chi connectivity index (χ1v) is 7.42. The molecule has 0 bridgehead atoms. The molecular weight excluding hydrogens is 311 g/mol. The van der Waals surface area contributed by atoms with Gasteiger partial charge in [0.05, 0.1) is 0 Å². The molecule has 126 valence electrons. The minimum absolute atomic E-state index is 0.000802. The van der Waals surface area contributed by atoms with Crippen molar-refractivity contribution in [1.82, 2.24) is 5.32 Å². The maximum absolute atomic E-state index is 12.3. The second-order valence-electron chi connectivity index (χ2n) is 4.97. The monoisotopic (exact) mass is 330 g/mol. The summed E-state index contributed by atoms with van der Waals surface area (Å²) >= 11 is 0. The molecule has 2 aromatic rings. The van der Waals surface area contributed by atoms with Gasteiger partial charge in [-0.2, -0.15) is 0 Å². The molecule has 0 unspecified atom stereocenters. The number of nitrogens with zero attached hydrogens (tertiary/aromatic N) is 1. The van der Waals surface area contributed by atoms with Crippen LogP contribution in [0.4, 0.5) is 4.39 Å². The van der Waals surface area contributed by atoms with Crippen LogP contribution in [-0.4, -0.2) is 25.5 Å². The molecule has 0 heterocycles. The molecule has 6 heteroatoms. The molecule has 0 saturated carbocycles. The number of nitrogens with one attached hydrogen (secondary N) is 1. The third-order valence-electron chi connectivity index (χ3n) is 3.40. The zero-order valence-electron chi connectivity index (χ0n) is 13.6. The summed E-state index contributed by atoms with van der Waals surface area (Å²) in [5.74, 6) is 0.289. The topological polar surface area (TPSA) is 59.9 Å². The summed E-state index contributed by atoms with van der Waals surface area (Å²) in [6.45, 7) is 1.09. The van der Waals surface area contributed by atoms with Crippen molar-refractivity contribution in [2.75, 3.05) is 13.9 Å². The number of amides is 1. The third-order valence-corrected chi connectivity index (χ3v) is 3.40. The normalized spacial score (nSPS) is 11.0. The molecule has 0 spiro atoms. The quantitative estimate of drug-likeness (QED) is 0.627. The van der Waals surface area contributed by atoms with Crippen LogP contribution < -0.4 is 10.1 Å². The summed E-state index contributed by atoms with van der Waals surface area (Å²) in [5, 5.41) is 6.06. The number of benzene rings is 2. The standard InChI is InChI=1S/C18H19FN2O3/c1-13-7-3-6-10-16(13)23-11-14-8-4-5-9-15(14)17(18(22)20-2)21-24-12-19/h3-10H,11-12H2,1-2H3,(H,20,22)/b21-17+. The summed E-state index contributed by atoms with van der Waals surface area (Å²) in [4.78, 5) is 16.4. The Bertz CT molecular complexity index is 732. The van der Waals surface area contributed by atoms with Crippen molar-refractivity contribution < 1.29 is 18.8 Å². The zero-order valence-corrected chi connectivity index (χ0v) is 13.6. The Balaban J connectivity index is 2.28. The van der Waals surface area contributed by atoms with Crippen molar-refractivity contribution in [2.45, 2.75) is 13.5 Å². The molecule has 0 saturated heterocycles. The molecule has 0 fully saturated rings. The highest BCUT2D eigenvalue weighted by molar-refractivity contribution is 6.45. The van der Waals surface area contributed by atoms with E-state index in [-0.39, 0.29) is 12.3 Å². The fraction of sp³-hybridized carbons (Fsp3) is 0.222. The molecule has 2 rings (SSSR count). The molecule has 2 aromatic carbocycles. The molecule has 5 nitrogen and oxygen atoms in total. The van der Waals surface area contributed by atoms with Gasteiger partial charge in [0.15, 0.2) is 5.71 Å². The number of alkyl halides is 1. The van der Waals surface area contributed by atoms with Crippen molar-refractivity contribution in [3.63, 3.8) is 0 Å². The average Bonchev–Trinajstić information content (AvgIpc) is 2.62. The SMILES string of the molecule is CNC(=O)/C(=N/OCF)c1ccccc1COc1ccccc1C. The lowest BCUT2D eigenvalue weighted by atomic mass is 10.0. The maximum atomic E-state index is 12.3. The highest BCUT2D eigenvalue weighted by Crippen LogP contribution is 2.19. The molecule has 24 heavy (non-hydrogen) atoms. The predicted molar refractivity (Wildman–Crippen MR) is 89.6 cm³/mol. The Kier molecular flexibility index (Phi) is 6.31. The number of carbonyl (C=O) groups is 1. The van der Waals surface area contributed by atoms with E-state index in [2.05, 4.69) is 15.3 Å². The molecule has 0 aromatic heterocycles. The molecular formula is C18H19FN2O3. The van der Waals surface area contributed by atoms with Crippen LogP contribution in [0.25, 0.3) is 0 Å². The van der Waals surface area contributed by atoms with Crippen molar-refractivity contribution in [3.05, 3.63) is 65.2 Å².